The van der Waals surface area contributed by atoms with Gasteiger partial charge in [-0.05, 0) is 31.4 Å². The Balaban J connectivity index is 1.50. The highest BCUT2D eigenvalue weighted by Gasteiger charge is 2.40. The molecule has 1 amide bonds. The lowest BCUT2D eigenvalue weighted by molar-refractivity contribution is -0.144. The van der Waals surface area contributed by atoms with Gasteiger partial charge in [-0.2, -0.15) is 4.98 Å². The van der Waals surface area contributed by atoms with Crippen LogP contribution in [0.4, 0.5) is 0 Å². The molecule has 1 aliphatic carbocycles. The van der Waals surface area contributed by atoms with E-state index in [1.54, 1.807) is 12.4 Å². The molecule has 0 aromatic carbocycles. The maximum absolute atomic E-state index is 12.5. The van der Waals surface area contributed by atoms with Crippen LogP contribution in [-0.2, 0) is 4.79 Å². The number of hydrogen-bond acceptors (Lipinski definition) is 5. The minimum atomic E-state index is -0.0500. The van der Waals surface area contributed by atoms with Gasteiger partial charge < -0.3 is 9.42 Å². The van der Waals surface area contributed by atoms with Gasteiger partial charge >= 0.3 is 0 Å². The second kappa shape index (κ2) is 5.51. The van der Waals surface area contributed by atoms with E-state index in [9.17, 15) is 4.79 Å². The van der Waals surface area contributed by atoms with Crippen molar-refractivity contribution in [3.63, 3.8) is 0 Å². The topological polar surface area (TPSA) is 72.1 Å². The minimum absolute atomic E-state index is 0.0500. The normalized spacial score (nSPS) is 21.8. The summed E-state index contributed by atoms with van der Waals surface area (Å²) in [6, 6.07) is 3.68. The Morgan fingerprint density at radius 1 is 1.27 bits per heavy atom. The molecule has 1 saturated carbocycles. The summed E-state index contributed by atoms with van der Waals surface area (Å²) < 4.78 is 5.38. The van der Waals surface area contributed by atoms with Crippen molar-refractivity contribution >= 4 is 5.91 Å². The number of rotatable bonds is 3. The van der Waals surface area contributed by atoms with Crippen LogP contribution in [-0.4, -0.2) is 32.5 Å². The Morgan fingerprint density at radius 3 is 2.82 bits per heavy atom. The first-order valence-electron chi connectivity index (χ1n) is 7.87. The van der Waals surface area contributed by atoms with Gasteiger partial charge in [0.25, 0.3) is 0 Å². The lowest BCUT2D eigenvalue weighted by atomic mass is 9.98. The lowest BCUT2D eigenvalue weighted by Gasteiger charge is -2.40. The van der Waals surface area contributed by atoms with E-state index in [0.717, 1.165) is 31.4 Å². The third-order valence-corrected chi connectivity index (χ3v) is 4.65. The molecule has 1 saturated heterocycles. The van der Waals surface area contributed by atoms with E-state index in [1.807, 2.05) is 17.0 Å². The SMILES string of the molecule is O=C(C1CCCC1)N1CCC1c1nc(-c2cccnc2)no1. The van der Waals surface area contributed by atoms with Crippen LogP contribution in [0.2, 0.25) is 0 Å². The average Bonchev–Trinajstić information content (AvgIpc) is 3.19. The van der Waals surface area contributed by atoms with Crippen molar-refractivity contribution in [3.05, 3.63) is 30.4 Å². The smallest absolute Gasteiger partial charge is 0.249 e. The van der Waals surface area contributed by atoms with Gasteiger partial charge in [0.2, 0.25) is 17.6 Å². The molecule has 2 aliphatic rings. The molecule has 2 fully saturated rings. The zero-order chi connectivity index (χ0) is 14.9. The maximum atomic E-state index is 12.5. The standard InChI is InChI=1S/C16H18N4O2/c21-16(11-4-1-2-5-11)20-9-7-13(20)15-18-14(19-22-15)12-6-3-8-17-10-12/h3,6,8,10-11,13H,1-2,4-5,7,9H2. The third-order valence-electron chi connectivity index (χ3n) is 4.65. The summed E-state index contributed by atoms with van der Waals surface area (Å²) in [7, 11) is 0. The molecule has 2 aromatic heterocycles. The Bertz CT molecular complexity index is 664. The van der Waals surface area contributed by atoms with Crippen molar-refractivity contribution in [2.75, 3.05) is 6.54 Å². The number of carbonyl (C=O) groups excluding carboxylic acids is 1. The van der Waals surface area contributed by atoms with Crippen LogP contribution in [0.25, 0.3) is 11.4 Å². The molecule has 0 N–H and O–H groups in total. The highest BCUT2D eigenvalue weighted by atomic mass is 16.5. The Kier molecular flexibility index (Phi) is 3.36. The zero-order valence-electron chi connectivity index (χ0n) is 12.3. The number of aromatic nitrogens is 3. The first-order valence-corrected chi connectivity index (χ1v) is 7.87. The molecule has 3 heterocycles. The van der Waals surface area contributed by atoms with Crippen molar-refractivity contribution < 1.29 is 9.32 Å². The van der Waals surface area contributed by atoms with Crippen LogP contribution in [0, 0.1) is 5.92 Å². The van der Waals surface area contributed by atoms with Crippen LogP contribution in [0.1, 0.15) is 44.0 Å². The van der Waals surface area contributed by atoms with Crippen LogP contribution < -0.4 is 0 Å². The van der Waals surface area contributed by atoms with Crippen molar-refractivity contribution in [2.24, 2.45) is 5.92 Å². The summed E-state index contributed by atoms with van der Waals surface area (Å²) in [6.07, 6.45) is 8.68. The fourth-order valence-electron chi connectivity index (χ4n) is 3.30. The van der Waals surface area contributed by atoms with E-state index < -0.39 is 0 Å². The lowest BCUT2D eigenvalue weighted by Crippen LogP contribution is -2.47. The summed E-state index contributed by atoms with van der Waals surface area (Å²) in [6.45, 7) is 0.796. The quantitative estimate of drug-likeness (QED) is 0.871. The maximum Gasteiger partial charge on any atom is 0.249 e. The van der Waals surface area contributed by atoms with Gasteiger partial charge in [-0.25, -0.2) is 0 Å². The second-order valence-corrected chi connectivity index (χ2v) is 6.02. The van der Waals surface area contributed by atoms with E-state index in [4.69, 9.17) is 4.52 Å². The van der Waals surface area contributed by atoms with Crippen molar-refractivity contribution in [3.8, 4) is 11.4 Å². The highest BCUT2D eigenvalue weighted by molar-refractivity contribution is 5.80. The van der Waals surface area contributed by atoms with Gasteiger partial charge in [0.05, 0.1) is 0 Å². The highest BCUT2D eigenvalue weighted by Crippen LogP contribution is 2.37. The predicted molar refractivity (Wildman–Crippen MR) is 78.6 cm³/mol. The fourth-order valence-corrected chi connectivity index (χ4v) is 3.30. The largest absolute Gasteiger partial charge is 0.337 e. The molecular weight excluding hydrogens is 280 g/mol. The molecule has 1 aliphatic heterocycles. The molecule has 2 aromatic rings. The van der Waals surface area contributed by atoms with Crippen molar-refractivity contribution in [1.29, 1.82) is 0 Å². The Hall–Kier alpha value is -2.24. The van der Waals surface area contributed by atoms with Crippen molar-refractivity contribution in [2.45, 2.75) is 38.1 Å². The van der Waals surface area contributed by atoms with Gasteiger partial charge in [0.1, 0.15) is 6.04 Å². The number of likely N-dealkylation sites (tertiary alicyclic amines) is 1. The number of amides is 1. The van der Waals surface area contributed by atoms with E-state index in [0.29, 0.717) is 11.7 Å². The molecular formula is C16H18N4O2. The first kappa shape index (κ1) is 13.4. The molecule has 0 spiro atoms. The van der Waals surface area contributed by atoms with E-state index >= 15 is 0 Å². The summed E-state index contributed by atoms with van der Waals surface area (Å²) in [4.78, 5) is 22.9. The second-order valence-electron chi connectivity index (χ2n) is 6.02. The monoisotopic (exact) mass is 298 g/mol. The van der Waals surface area contributed by atoms with Crippen LogP contribution >= 0.6 is 0 Å². The molecule has 0 bridgehead atoms. The molecule has 0 radical (unpaired) electrons. The molecule has 4 rings (SSSR count). The number of carbonyl (C=O) groups is 1. The molecule has 6 nitrogen and oxygen atoms in total. The summed E-state index contributed by atoms with van der Waals surface area (Å²) in [5.74, 6) is 1.53. The van der Waals surface area contributed by atoms with E-state index in [-0.39, 0.29) is 17.9 Å². The van der Waals surface area contributed by atoms with Crippen LogP contribution in [0.15, 0.2) is 29.0 Å². The zero-order valence-corrected chi connectivity index (χ0v) is 12.3. The van der Waals surface area contributed by atoms with Gasteiger partial charge in [0, 0.05) is 30.4 Å². The minimum Gasteiger partial charge on any atom is -0.337 e. The van der Waals surface area contributed by atoms with Gasteiger partial charge in [-0.15, -0.1) is 0 Å². The first-order chi connectivity index (χ1) is 10.8. The predicted octanol–water partition coefficient (Wildman–Crippen LogP) is 2.60. The van der Waals surface area contributed by atoms with Gasteiger partial charge in [-0.1, -0.05) is 18.0 Å². The Morgan fingerprint density at radius 2 is 2.14 bits per heavy atom. The van der Waals surface area contributed by atoms with Crippen LogP contribution in [0.3, 0.4) is 0 Å². The van der Waals surface area contributed by atoms with Gasteiger partial charge in [-0.3, -0.25) is 9.78 Å². The van der Waals surface area contributed by atoms with Gasteiger partial charge in [0.15, 0.2) is 0 Å². The Labute approximate surface area is 128 Å². The summed E-state index contributed by atoms with van der Waals surface area (Å²) >= 11 is 0. The van der Waals surface area contributed by atoms with Crippen molar-refractivity contribution in [1.82, 2.24) is 20.0 Å². The van der Waals surface area contributed by atoms with Crippen LogP contribution in [0.5, 0.6) is 0 Å². The molecule has 22 heavy (non-hydrogen) atoms. The summed E-state index contributed by atoms with van der Waals surface area (Å²) in [5, 5.41) is 4.02. The van der Waals surface area contributed by atoms with E-state index in [1.165, 1.54) is 12.8 Å². The van der Waals surface area contributed by atoms with E-state index in [2.05, 4.69) is 15.1 Å². The average molecular weight is 298 g/mol. The summed E-state index contributed by atoms with van der Waals surface area (Å²) in [5.41, 5.74) is 0.825. The number of pyridine rings is 1. The third kappa shape index (κ3) is 2.28. The number of hydrogen-bond donors (Lipinski definition) is 0. The fraction of sp³-hybridized carbons (Fsp3) is 0.500. The molecule has 1 unspecified atom stereocenters. The molecule has 1 atom stereocenters. The number of nitrogens with zero attached hydrogens (tertiary/aromatic N) is 4. The molecule has 114 valence electrons. The molecule has 6 heteroatoms.